The molecule has 0 atom stereocenters. The maximum atomic E-state index is 12.2. The number of rotatable bonds is 5. The highest BCUT2D eigenvalue weighted by Gasteiger charge is 2.09. The number of nitrogens with one attached hydrogen (secondary N) is 2. The van der Waals surface area contributed by atoms with Gasteiger partial charge in [-0.3, -0.25) is 20.4 Å². The second kappa shape index (κ2) is 7.69. The number of anilines is 1. The first kappa shape index (κ1) is 17.5. The molecule has 0 aliphatic carbocycles. The van der Waals surface area contributed by atoms with Gasteiger partial charge in [0.1, 0.15) is 0 Å². The molecule has 0 aliphatic heterocycles. The van der Waals surface area contributed by atoms with Crippen molar-refractivity contribution in [1.29, 1.82) is 0 Å². The molecule has 0 bridgehead atoms. The van der Waals surface area contributed by atoms with Crippen LogP contribution in [-0.2, 0) is 11.3 Å². The van der Waals surface area contributed by atoms with E-state index in [0.717, 1.165) is 16.7 Å². The minimum absolute atomic E-state index is 0.234. The fourth-order valence-electron chi connectivity index (χ4n) is 2.60. The number of amides is 2. The van der Waals surface area contributed by atoms with Crippen LogP contribution in [0.4, 0.5) is 5.69 Å². The molecule has 7 heteroatoms. The number of hydrogen-bond donors (Lipinski definition) is 2. The van der Waals surface area contributed by atoms with Gasteiger partial charge in [-0.25, -0.2) is 4.98 Å². The highest BCUT2D eigenvalue weighted by atomic mass is 16.2. The van der Waals surface area contributed by atoms with Gasteiger partial charge in [0.15, 0.2) is 0 Å². The molecule has 2 aromatic carbocycles. The molecule has 0 saturated heterocycles. The molecule has 1 heterocycles. The van der Waals surface area contributed by atoms with Crippen molar-refractivity contribution in [2.45, 2.75) is 13.0 Å². The molecule has 1 aromatic heterocycles. The Hall–Kier alpha value is -3.35. The van der Waals surface area contributed by atoms with E-state index in [-0.39, 0.29) is 18.2 Å². The zero-order valence-electron chi connectivity index (χ0n) is 14.8. The van der Waals surface area contributed by atoms with Gasteiger partial charge in [-0.1, -0.05) is 18.2 Å². The predicted molar refractivity (Wildman–Crippen MR) is 101 cm³/mol. The van der Waals surface area contributed by atoms with Crippen molar-refractivity contribution in [3.05, 3.63) is 60.4 Å². The lowest BCUT2D eigenvalue weighted by Gasteiger charge is -2.13. The predicted octanol–water partition coefficient (Wildman–Crippen LogP) is 1.95. The third-order valence-corrected chi connectivity index (χ3v) is 4.05. The maximum Gasteiger partial charge on any atom is 0.269 e. The number of imidazole rings is 1. The Labute approximate surface area is 151 Å². The van der Waals surface area contributed by atoms with E-state index in [1.807, 2.05) is 53.9 Å². The van der Waals surface area contributed by atoms with Crippen molar-refractivity contribution in [2.75, 3.05) is 19.0 Å². The van der Waals surface area contributed by atoms with Crippen molar-refractivity contribution in [3.63, 3.8) is 0 Å². The average molecular weight is 351 g/mol. The molecular weight excluding hydrogens is 330 g/mol. The van der Waals surface area contributed by atoms with Crippen molar-refractivity contribution < 1.29 is 9.59 Å². The molecule has 0 radical (unpaired) electrons. The molecule has 0 unspecified atom stereocenters. The first-order valence-corrected chi connectivity index (χ1v) is 8.31. The summed E-state index contributed by atoms with van der Waals surface area (Å²) in [5.74, 6) is -0.616. The number of carbonyl (C=O) groups excluding carboxylic acids is 2. The molecule has 2 amide bonds. The van der Waals surface area contributed by atoms with Crippen LogP contribution in [0, 0.1) is 0 Å². The first-order valence-electron chi connectivity index (χ1n) is 8.31. The standard InChI is InChI=1S/C19H21N5O2/c1-23(2)15-7-5-6-14(12-15)19(26)22-21-18(25)10-11-24-13-20-16-8-3-4-9-17(16)24/h3-9,12-13H,10-11H2,1-2H3,(H,21,25)(H,22,26). The highest BCUT2D eigenvalue weighted by molar-refractivity contribution is 5.96. The Bertz CT molecular complexity index is 932. The van der Waals surface area contributed by atoms with Crippen LogP contribution in [0.25, 0.3) is 11.0 Å². The van der Waals surface area contributed by atoms with E-state index in [1.165, 1.54) is 0 Å². The zero-order chi connectivity index (χ0) is 18.5. The second-order valence-corrected chi connectivity index (χ2v) is 6.12. The average Bonchev–Trinajstić information content (AvgIpc) is 3.07. The quantitative estimate of drug-likeness (QED) is 0.689. The lowest BCUT2D eigenvalue weighted by atomic mass is 10.2. The summed E-state index contributed by atoms with van der Waals surface area (Å²) in [5, 5.41) is 0. The Morgan fingerprint density at radius 2 is 1.88 bits per heavy atom. The third-order valence-electron chi connectivity index (χ3n) is 4.05. The van der Waals surface area contributed by atoms with Gasteiger partial charge >= 0.3 is 0 Å². The molecule has 26 heavy (non-hydrogen) atoms. The monoisotopic (exact) mass is 351 g/mol. The summed E-state index contributed by atoms with van der Waals surface area (Å²) in [5.41, 5.74) is 8.17. The van der Waals surface area contributed by atoms with Gasteiger partial charge in [-0.05, 0) is 30.3 Å². The number of hydrogen-bond acceptors (Lipinski definition) is 4. The van der Waals surface area contributed by atoms with Crippen molar-refractivity contribution in [3.8, 4) is 0 Å². The fraction of sp³-hybridized carbons (Fsp3) is 0.211. The fourth-order valence-corrected chi connectivity index (χ4v) is 2.60. The van der Waals surface area contributed by atoms with Gasteiger partial charge in [-0.2, -0.15) is 0 Å². The van der Waals surface area contributed by atoms with Gasteiger partial charge in [0.2, 0.25) is 5.91 Å². The number of nitrogens with zero attached hydrogens (tertiary/aromatic N) is 3. The van der Waals surface area contributed by atoms with Crippen LogP contribution in [0.3, 0.4) is 0 Å². The summed E-state index contributed by atoms with van der Waals surface area (Å²) in [6, 6.07) is 14.9. The summed E-state index contributed by atoms with van der Waals surface area (Å²) >= 11 is 0. The Kier molecular flexibility index (Phi) is 5.17. The van der Waals surface area contributed by atoms with Gasteiger partial charge in [-0.15, -0.1) is 0 Å². The number of aryl methyl sites for hydroxylation is 1. The largest absolute Gasteiger partial charge is 0.378 e. The number of para-hydroxylation sites is 2. The van der Waals surface area contributed by atoms with Crippen LogP contribution in [0.1, 0.15) is 16.8 Å². The molecular formula is C19H21N5O2. The SMILES string of the molecule is CN(C)c1cccc(C(=O)NNC(=O)CCn2cnc3ccccc32)c1. The molecule has 2 N–H and O–H groups in total. The lowest BCUT2D eigenvalue weighted by molar-refractivity contribution is -0.122. The Morgan fingerprint density at radius 1 is 1.08 bits per heavy atom. The van der Waals surface area contributed by atoms with Gasteiger partial charge in [0.05, 0.1) is 17.4 Å². The van der Waals surface area contributed by atoms with Crippen LogP contribution in [0.2, 0.25) is 0 Å². The minimum atomic E-state index is -0.352. The minimum Gasteiger partial charge on any atom is -0.378 e. The molecule has 134 valence electrons. The smallest absolute Gasteiger partial charge is 0.269 e. The summed E-state index contributed by atoms with van der Waals surface area (Å²) in [4.78, 5) is 30.4. The van der Waals surface area contributed by atoms with E-state index in [0.29, 0.717) is 12.1 Å². The van der Waals surface area contributed by atoms with Crippen LogP contribution in [-0.4, -0.2) is 35.5 Å². The lowest BCUT2D eigenvalue weighted by Crippen LogP contribution is -2.41. The van der Waals surface area contributed by atoms with Crippen molar-refractivity contribution >= 4 is 28.5 Å². The van der Waals surface area contributed by atoms with Crippen molar-refractivity contribution in [2.24, 2.45) is 0 Å². The molecule has 0 spiro atoms. The number of hydrazine groups is 1. The zero-order valence-corrected chi connectivity index (χ0v) is 14.8. The van der Waals surface area contributed by atoms with Crippen LogP contribution < -0.4 is 15.8 Å². The van der Waals surface area contributed by atoms with Crippen molar-refractivity contribution in [1.82, 2.24) is 20.4 Å². The molecule has 3 aromatic rings. The second-order valence-electron chi connectivity index (χ2n) is 6.12. The summed E-state index contributed by atoms with van der Waals surface area (Å²) in [6.45, 7) is 0.484. The van der Waals surface area contributed by atoms with Crippen LogP contribution in [0.15, 0.2) is 54.9 Å². The van der Waals surface area contributed by atoms with Gasteiger partial charge in [0.25, 0.3) is 5.91 Å². The van der Waals surface area contributed by atoms with E-state index in [9.17, 15) is 9.59 Å². The number of benzene rings is 2. The topological polar surface area (TPSA) is 79.3 Å². The number of carbonyl (C=O) groups is 2. The molecule has 7 nitrogen and oxygen atoms in total. The summed E-state index contributed by atoms with van der Waals surface area (Å²) in [7, 11) is 3.80. The van der Waals surface area contributed by atoms with E-state index >= 15 is 0 Å². The Balaban J connectivity index is 1.52. The molecule has 0 aliphatic rings. The van der Waals surface area contributed by atoms with Gasteiger partial charge < -0.3 is 9.47 Å². The summed E-state index contributed by atoms with van der Waals surface area (Å²) < 4.78 is 1.91. The Morgan fingerprint density at radius 3 is 2.69 bits per heavy atom. The van der Waals surface area contributed by atoms with Crippen LogP contribution >= 0.6 is 0 Å². The summed E-state index contributed by atoms with van der Waals surface area (Å²) in [6.07, 6.45) is 1.95. The number of fused-ring (bicyclic) bond motifs is 1. The highest BCUT2D eigenvalue weighted by Crippen LogP contribution is 2.13. The molecule has 3 rings (SSSR count). The number of aromatic nitrogens is 2. The van der Waals surface area contributed by atoms with Crippen LogP contribution in [0.5, 0.6) is 0 Å². The van der Waals surface area contributed by atoms with E-state index in [1.54, 1.807) is 24.5 Å². The maximum absolute atomic E-state index is 12.2. The van der Waals surface area contributed by atoms with E-state index in [4.69, 9.17) is 0 Å². The first-order chi connectivity index (χ1) is 12.5. The molecule has 0 saturated carbocycles. The van der Waals surface area contributed by atoms with E-state index in [2.05, 4.69) is 15.8 Å². The van der Waals surface area contributed by atoms with Gasteiger partial charge in [0, 0.05) is 38.3 Å². The van der Waals surface area contributed by atoms with E-state index < -0.39 is 0 Å². The third kappa shape index (κ3) is 4.00. The molecule has 0 fully saturated rings. The normalized spacial score (nSPS) is 10.5.